The molecule has 4 rings (SSSR count). The molecule has 0 atom stereocenters. The van der Waals surface area contributed by atoms with Crippen molar-refractivity contribution in [2.24, 2.45) is 0 Å². The number of ether oxygens (including phenoxy) is 1. The zero-order chi connectivity index (χ0) is 22.0. The number of hydrogen-bond donors (Lipinski definition) is 1. The van der Waals surface area contributed by atoms with E-state index >= 15 is 0 Å². The van der Waals surface area contributed by atoms with Crippen LogP contribution in [0, 0.1) is 12.7 Å². The van der Waals surface area contributed by atoms with E-state index in [2.05, 4.69) is 10.3 Å². The normalized spacial score (nSPS) is 10.9. The van der Waals surface area contributed by atoms with Crippen LogP contribution in [0.25, 0.3) is 15.9 Å². The summed E-state index contributed by atoms with van der Waals surface area (Å²) in [6, 6.07) is 13.5. The SMILES string of the molecule is COc1ccc(NC(=O)CSc2nc3ccsc3c(=O)n2-c2cccc(C)c2)cc1F. The summed E-state index contributed by atoms with van der Waals surface area (Å²) < 4.78 is 20.8. The molecule has 158 valence electrons. The van der Waals surface area contributed by atoms with Crippen LogP contribution in [0.2, 0.25) is 0 Å². The summed E-state index contributed by atoms with van der Waals surface area (Å²) in [5, 5.41) is 4.88. The molecule has 6 nitrogen and oxygen atoms in total. The highest BCUT2D eigenvalue weighted by Crippen LogP contribution is 2.25. The minimum absolute atomic E-state index is 0.00154. The molecular formula is C22H18FN3O3S2. The third-order valence-electron chi connectivity index (χ3n) is 4.48. The summed E-state index contributed by atoms with van der Waals surface area (Å²) in [4.78, 5) is 30.2. The zero-order valence-electron chi connectivity index (χ0n) is 16.7. The summed E-state index contributed by atoms with van der Waals surface area (Å²) >= 11 is 2.48. The van der Waals surface area contributed by atoms with Gasteiger partial charge in [0, 0.05) is 11.8 Å². The van der Waals surface area contributed by atoms with Gasteiger partial charge in [-0.1, -0.05) is 23.9 Å². The Kier molecular flexibility index (Phi) is 6.06. The Morgan fingerprint density at radius 3 is 2.84 bits per heavy atom. The summed E-state index contributed by atoms with van der Waals surface area (Å²) in [6.45, 7) is 1.94. The van der Waals surface area contributed by atoms with Gasteiger partial charge >= 0.3 is 0 Å². The molecule has 1 N–H and O–H groups in total. The molecule has 0 saturated heterocycles. The smallest absolute Gasteiger partial charge is 0.276 e. The maximum Gasteiger partial charge on any atom is 0.276 e. The van der Waals surface area contributed by atoms with Crippen LogP contribution in [0.4, 0.5) is 10.1 Å². The number of benzene rings is 2. The van der Waals surface area contributed by atoms with Crippen molar-refractivity contribution in [2.45, 2.75) is 12.1 Å². The molecule has 31 heavy (non-hydrogen) atoms. The van der Waals surface area contributed by atoms with Gasteiger partial charge in [0.2, 0.25) is 5.91 Å². The minimum Gasteiger partial charge on any atom is -0.494 e. The van der Waals surface area contributed by atoms with E-state index in [-0.39, 0.29) is 23.0 Å². The van der Waals surface area contributed by atoms with Crippen LogP contribution in [0.15, 0.2) is 63.9 Å². The number of nitrogens with one attached hydrogen (secondary N) is 1. The largest absolute Gasteiger partial charge is 0.494 e. The van der Waals surface area contributed by atoms with Crippen molar-refractivity contribution >= 4 is 44.9 Å². The molecule has 0 aliphatic heterocycles. The van der Waals surface area contributed by atoms with Gasteiger partial charge in [-0.3, -0.25) is 14.2 Å². The Morgan fingerprint density at radius 2 is 2.10 bits per heavy atom. The number of carbonyl (C=O) groups is 1. The molecule has 2 heterocycles. The van der Waals surface area contributed by atoms with Gasteiger partial charge in [0.25, 0.3) is 5.56 Å². The van der Waals surface area contributed by atoms with Crippen LogP contribution in [0.3, 0.4) is 0 Å². The first kappa shape index (κ1) is 21.1. The lowest BCUT2D eigenvalue weighted by molar-refractivity contribution is -0.113. The molecule has 0 unspecified atom stereocenters. The fourth-order valence-corrected chi connectivity index (χ4v) is 4.63. The number of halogens is 1. The standard InChI is InChI=1S/C22H18FN3O3S2/c1-13-4-3-5-15(10-13)26-21(28)20-17(8-9-30-20)25-22(26)31-12-19(27)24-14-6-7-18(29-2)16(23)11-14/h3-11H,12H2,1-2H3,(H,24,27). The first-order valence-corrected chi connectivity index (χ1v) is 11.2. The predicted octanol–water partition coefficient (Wildman–Crippen LogP) is 4.63. The maximum absolute atomic E-state index is 13.9. The van der Waals surface area contributed by atoms with Crippen molar-refractivity contribution in [3.8, 4) is 11.4 Å². The number of aryl methyl sites for hydroxylation is 1. The van der Waals surface area contributed by atoms with Gasteiger partial charge in [-0.25, -0.2) is 9.37 Å². The van der Waals surface area contributed by atoms with Crippen molar-refractivity contribution in [3.05, 3.63) is 75.6 Å². The summed E-state index contributed by atoms with van der Waals surface area (Å²) in [6.07, 6.45) is 0. The van der Waals surface area contributed by atoms with Crippen LogP contribution in [0.1, 0.15) is 5.56 Å². The van der Waals surface area contributed by atoms with Gasteiger partial charge < -0.3 is 10.1 Å². The van der Waals surface area contributed by atoms with Crippen LogP contribution in [-0.2, 0) is 4.79 Å². The molecule has 0 spiro atoms. The van der Waals surface area contributed by atoms with Crippen LogP contribution in [-0.4, -0.2) is 28.3 Å². The Morgan fingerprint density at radius 1 is 1.26 bits per heavy atom. The number of carbonyl (C=O) groups excluding carboxylic acids is 1. The molecule has 0 saturated carbocycles. The number of thioether (sulfide) groups is 1. The lowest BCUT2D eigenvalue weighted by atomic mass is 10.2. The molecule has 2 aromatic carbocycles. The number of fused-ring (bicyclic) bond motifs is 1. The molecule has 0 radical (unpaired) electrons. The topological polar surface area (TPSA) is 73.2 Å². The van der Waals surface area contributed by atoms with Gasteiger partial charge in [-0.15, -0.1) is 11.3 Å². The van der Waals surface area contributed by atoms with E-state index in [4.69, 9.17) is 4.74 Å². The van der Waals surface area contributed by atoms with E-state index in [1.54, 1.807) is 12.1 Å². The zero-order valence-corrected chi connectivity index (χ0v) is 18.3. The molecule has 0 aliphatic rings. The van der Waals surface area contributed by atoms with Gasteiger partial charge in [-0.05, 0) is 48.2 Å². The summed E-state index contributed by atoms with van der Waals surface area (Å²) in [5.74, 6) is -0.805. The second kappa shape index (κ2) is 8.91. The molecule has 0 bridgehead atoms. The summed E-state index contributed by atoms with van der Waals surface area (Å²) in [5.41, 5.74) is 2.44. The lowest BCUT2D eigenvalue weighted by Crippen LogP contribution is -2.22. The number of thiophene rings is 1. The number of rotatable bonds is 6. The van der Waals surface area contributed by atoms with Gasteiger partial charge in [-0.2, -0.15) is 0 Å². The van der Waals surface area contributed by atoms with E-state index in [9.17, 15) is 14.0 Å². The number of amides is 1. The molecule has 1 amide bonds. The third kappa shape index (κ3) is 4.47. The second-order valence-corrected chi connectivity index (χ2v) is 8.55. The van der Waals surface area contributed by atoms with E-state index < -0.39 is 5.82 Å². The van der Waals surface area contributed by atoms with E-state index in [0.717, 1.165) is 17.3 Å². The lowest BCUT2D eigenvalue weighted by Gasteiger charge is -2.13. The van der Waals surface area contributed by atoms with Crippen molar-refractivity contribution in [1.82, 2.24) is 9.55 Å². The average Bonchev–Trinajstić information content (AvgIpc) is 3.21. The molecule has 2 aromatic heterocycles. The minimum atomic E-state index is -0.564. The first-order chi connectivity index (χ1) is 15.0. The van der Waals surface area contributed by atoms with Gasteiger partial charge in [0.15, 0.2) is 16.7 Å². The van der Waals surface area contributed by atoms with Gasteiger partial charge in [0.05, 0.1) is 24.1 Å². The Hall–Kier alpha value is -3.17. The number of methoxy groups -OCH3 is 1. The van der Waals surface area contributed by atoms with Crippen molar-refractivity contribution in [2.75, 3.05) is 18.2 Å². The second-order valence-electron chi connectivity index (χ2n) is 6.70. The van der Waals surface area contributed by atoms with Crippen LogP contribution in [0.5, 0.6) is 5.75 Å². The van der Waals surface area contributed by atoms with E-state index in [1.807, 2.05) is 36.6 Å². The third-order valence-corrected chi connectivity index (χ3v) is 6.31. The highest BCUT2D eigenvalue weighted by molar-refractivity contribution is 7.99. The average molecular weight is 456 g/mol. The highest BCUT2D eigenvalue weighted by atomic mass is 32.2. The van der Waals surface area contributed by atoms with Gasteiger partial charge in [0.1, 0.15) is 4.70 Å². The fraction of sp³-hybridized carbons (Fsp3) is 0.136. The fourth-order valence-electron chi connectivity index (χ4n) is 3.05. The monoisotopic (exact) mass is 455 g/mol. The molecule has 0 aliphatic carbocycles. The Bertz CT molecular complexity index is 1330. The van der Waals surface area contributed by atoms with E-state index in [1.165, 1.54) is 35.1 Å². The number of nitrogens with zero attached hydrogens (tertiary/aromatic N) is 2. The predicted molar refractivity (Wildman–Crippen MR) is 122 cm³/mol. The molecule has 0 fully saturated rings. The van der Waals surface area contributed by atoms with Crippen molar-refractivity contribution < 1.29 is 13.9 Å². The first-order valence-electron chi connectivity index (χ1n) is 9.30. The maximum atomic E-state index is 13.9. The van der Waals surface area contributed by atoms with Crippen molar-refractivity contribution in [1.29, 1.82) is 0 Å². The Labute approximate surface area is 185 Å². The Balaban J connectivity index is 1.60. The quantitative estimate of drug-likeness (QED) is 0.339. The molecule has 4 aromatic rings. The van der Waals surface area contributed by atoms with E-state index in [0.29, 0.717) is 26.7 Å². The number of anilines is 1. The van der Waals surface area contributed by atoms with Crippen molar-refractivity contribution in [3.63, 3.8) is 0 Å². The summed E-state index contributed by atoms with van der Waals surface area (Å²) in [7, 11) is 1.37. The number of aromatic nitrogens is 2. The molecule has 9 heteroatoms. The molecular weight excluding hydrogens is 437 g/mol. The van der Waals surface area contributed by atoms with Crippen LogP contribution >= 0.6 is 23.1 Å². The highest BCUT2D eigenvalue weighted by Gasteiger charge is 2.16. The number of hydrogen-bond acceptors (Lipinski definition) is 6. The van der Waals surface area contributed by atoms with Crippen LogP contribution < -0.4 is 15.6 Å².